The fraction of sp³-hybridized carbons (Fsp3) is 0.562. The van der Waals surface area contributed by atoms with Crippen molar-refractivity contribution in [1.82, 2.24) is 19.4 Å². The van der Waals surface area contributed by atoms with Crippen LogP contribution in [0.4, 0.5) is 0 Å². The van der Waals surface area contributed by atoms with Gasteiger partial charge in [0.2, 0.25) is 5.91 Å². The Kier molecular flexibility index (Phi) is 5.52. The molecule has 0 N–H and O–H groups in total. The molecule has 1 atom stereocenters. The molecule has 0 saturated carbocycles. The monoisotopic (exact) mass is 325 g/mol. The number of hydrogen-bond donors (Lipinski definition) is 0. The second-order valence-electron chi connectivity index (χ2n) is 6.03. The molecule has 1 aromatic heterocycles. The number of rotatable bonds is 4. The summed E-state index contributed by atoms with van der Waals surface area (Å²) in [6, 6.07) is 5.93. The number of carbonyl (C=O) groups is 1. The number of aromatic nitrogens is 2. The van der Waals surface area contributed by atoms with Crippen molar-refractivity contribution in [2.45, 2.75) is 26.4 Å². The highest BCUT2D eigenvalue weighted by Gasteiger charge is 2.28. The molecule has 2 heterocycles. The van der Waals surface area contributed by atoms with Gasteiger partial charge in [0, 0.05) is 26.2 Å². The average molecular weight is 325 g/mol. The maximum Gasteiger partial charge on any atom is 0.242 e. The molecule has 0 aromatic carbocycles. The summed E-state index contributed by atoms with van der Waals surface area (Å²) in [5.74, 6) is 0.122. The fourth-order valence-electron chi connectivity index (χ4n) is 2.85. The Balaban J connectivity index is 1.97. The minimum Gasteiger partial charge on any atom is -0.339 e. The van der Waals surface area contributed by atoms with Gasteiger partial charge in [0.1, 0.15) is 24.7 Å². The van der Waals surface area contributed by atoms with Gasteiger partial charge in [-0.05, 0) is 5.92 Å². The number of carbonyl (C=O) groups excluding carboxylic acids is 1. The average Bonchev–Trinajstić information content (AvgIpc) is 2.97. The summed E-state index contributed by atoms with van der Waals surface area (Å²) in [6.45, 7) is 6.42. The summed E-state index contributed by atoms with van der Waals surface area (Å²) in [4.78, 5) is 20.1. The summed E-state index contributed by atoms with van der Waals surface area (Å²) in [5, 5.41) is 27.2. The van der Waals surface area contributed by atoms with Crippen LogP contribution in [0, 0.1) is 39.9 Å². The Bertz CT molecular complexity index is 723. The second-order valence-corrected chi connectivity index (χ2v) is 6.03. The van der Waals surface area contributed by atoms with Gasteiger partial charge in [-0.15, -0.1) is 0 Å². The van der Waals surface area contributed by atoms with E-state index in [1.165, 1.54) is 10.9 Å². The lowest BCUT2D eigenvalue weighted by Gasteiger charge is -2.38. The molecule has 0 aliphatic carbocycles. The van der Waals surface area contributed by atoms with Crippen LogP contribution in [0.1, 0.15) is 25.2 Å². The van der Waals surface area contributed by atoms with Crippen LogP contribution in [0.5, 0.6) is 0 Å². The van der Waals surface area contributed by atoms with Crippen molar-refractivity contribution < 1.29 is 4.79 Å². The van der Waals surface area contributed by atoms with Gasteiger partial charge in [-0.25, -0.2) is 4.98 Å². The summed E-state index contributed by atoms with van der Waals surface area (Å²) >= 11 is 0. The van der Waals surface area contributed by atoms with Crippen LogP contribution < -0.4 is 0 Å². The highest BCUT2D eigenvalue weighted by Crippen LogP contribution is 2.14. The Labute approximate surface area is 141 Å². The maximum absolute atomic E-state index is 12.4. The van der Waals surface area contributed by atoms with E-state index in [-0.39, 0.29) is 35.8 Å². The lowest BCUT2D eigenvalue weighted by atomic mass is 10.0. The topological polar surface area (TPSA) is 113 Å². The van der Waals surface area contributed by atoms with E-state index in [2.05, 4.69) is 16.0 Å². The molecule has 0 spiro atoms. The molecular weight excluding hydrogens is 306 g/mol. The van der Waals surface area contributed by atoms with Crippen molar-refractivity contribution in [3.63, 3.8) is 0 Å². The molecule has 0 unspecified atom stereocenters. The van der Waals surface area contributed by atoms with Crippen LogP contribution >= 0.6 is 0 Å². The molecule has 1 aliphatic rings. The first kappa shape index (κ1) is 17.5. The smallest absolute Gasteiger partial charge is 0.242 e. The van der Waals surface area contributed by atoms with Crippen molar-refractivity contribution >= 4 is 5.91 Å². The van der Waals surface area contributed by atoms with Crippen LogP contribution in [-0.4, -0.2) is 57.5 Å². The van der Waals surface area contributed by atoms with Crippen LogP contribution in [-0.2, 0) is 11.3 Å². The molecule has 24 heavy (non-hydrogen) atoms. The third-order valence-electron chi connectivity index (χ3n) is 4.18. The molecule has 0 bridgehead atoms. The Morgan fingerprint density at radius 1 is 1.21 bits per heavy atom. The molecule has 1 aromatic rings. The number of piperazine rings is 1. The zero-order chi connectivity index (χ0) is 17.7. The summed E-state index contributed by atoms with van der Waals surface area (Å²) in [5.41, 5.74) is 0.137. The Morgan fingerprint density at radius 3 is 2.38 bits per heavy atom. The summed E-state index contributed by atoms with van der Waals surface area (Å²) in [7, 11) is 0. The van der Waals surface area contributed by atoms with Crippen LogP contribution in [0.15, 0.2) is 6.33 Å². The van der Waals surface area contributed by atoms with Crippen molar-refractivity contribution in [2.24, 2.45) is 5.92 Å². The molecular formula is C16H19N7O. The molecule has 8 nitrogen and oxygen atoms in total. The standard InChI is InChI=1S/C16H19N7O/c1-12(2)14(8-18)21-3-5-22(6-4-21)16(24)10-23-11-20-13(7-17)15(23)9-19/h11-12,14H,3-6,10H2,1-2H3/t14-/m0/s1. The predicted octanol–water partition coefficient (Wildman–Crippen LogP) is 0.319. The van der Waals surface area contributed by atoms with E-state index in [1.807, 2.05) is 26.0 Å². The fourth-order valence-corrected chi connectivity index (χ4v) is 2.85. The zero-order valence-corrected chi connectivity index (χ0v) is 13.8. The van der Waals surface area contributed by atoms with Crippen molar-refractivity contribution in [2.75, 3.05) is 26.2 Å². The highest BCUT2D eigenvalue weighted by atomic mass is 16.2. The molecule has 124 valence electrons. The van der Waals surface area contributed by atoms with Crippen LogP contribution in [0.3, 0.4) is 0 Å². The first-order valence-corrected chi connectivity index (χ1v) is 7.78. The van der Waals surface area contributed by atoms with E-state index < -0.39 is 0 Å². The predicted molar refractivity (Wildman–Crippen MR) is 84.0 cm³/mol. The van der Waals surface area contributed by atoms with Gasteiger partial charge < -0.3 is 9.47 Å². The van der Waals surface area contributed by atoms with Gasteiger partial charge in [-0.2, -0.15) is 15.8 Å². The third kappa shape index (κ3) is 3.53. The van der Waals surface area contributed by atoms with Gasteiger partial charge in [-0.1, -0.05) is 13.8 Å². The highest BCUT2D eigenvalue weighted by molar-refractivity contribution is 5.76. The minimum atomic E-state index is -0.140. The minimum absolute atomic E-state index is 0.0105. The Hall–Kier alpha value is -2.89. The molecule has 1 aliphatic heterocycles. The van der Waals surface area contributed by atoms with E-state index in [0.29, 0.717) is 26.2 Å². The Morgan fingerprint density at radius 2 is 1.88 bits per heavy atom. The van der Waals surface area contributed by atoms with E-state index in [1.54, 1.807) is 4.90 Å². The lowest BCUT2D eigenvalue weighted by molar-refractivity contribution is -0.133. The maximum atomic E-state index is 12.4. The number of amides is 1. The molecule has 1 fully saturated rings. The van der Waals surface area contributed by atoms with E-state index in [9.17, 15) is 10.1 Å². The van der Waals surface area contributed by atoms with Crippen LogP contribution in [0.2, 0.25) is 0 Å². The number of nitrogens with zero attached hydrogens (tertiary/aromatic N) is 7. The second kappa shape index (κ2) is 7.59. The quantitative estimate of drug-likeness (QED) is 0.788. The third-order valence-corrected chi connectivity index (χ3v) is 4.18. The molecule has 2 rings (SSSR count). The molecule has 1 saturated heterocycles. The van der Waals surface area contributed by atoms with Gasteiger partial charge in [0.15, 0.2) is 11.4 Å². The number of nitriles is 3. The lowest BCUT2D eigenvalue weighted by Crippen LogP contribution is -2.53. The SMILES string of the molecule is CC(C)[C@H](C#N)N1CCN(C(=O)Cn2cnc(C#N)c2C#N)CC1. The normalized spacial score (nSPS) is 16.2. The van der Waals surface area contributed by atoms with E-state index in [4.69, 9.17) is 10.5 Å². The van der Waals surface area contributed by atoms with Gasteiger partial charge in [-0.3, -0.25) is 9.69 Å². The van der Waals surface area contributed by atoms with Gasteiger partial charge >= 0.3 is 0 Å². The van der Waals surface area contributed by atoms with Gasteiger partial charge in [0.05, 0.1) is 12.4 Å². The first-order valence-electron chi connectivity index (χ1n) is 7.78. The first-order chi connectivity index (χ1) is 11.5. The van der Waals surface area contributed by atoms with E-state index >= 15 is 0 Å². The zero-order valence-electron chi connectivity index (χ0n) is 13.8. The van der Waals surface area contributed by atoms with E-state index in [0.717, 1.165) is 0 Å². The number of imidazole rings is 1. The van der Waals surface area contributed by atoms with Crippen LogP contribution in [0.25, 0.3) is 0 Å². The largest absolute Gasteiger partial charge is 0.339 e. The molecule has 0 radical (unpaired) electrons. The van der Waals surface area contributed by atoms with Crippen molar-refractivity contribution in [3.8, 4) is 18.2 Å². The molecule has 1 amide bonds. The molecule has 8 heteroatoms. The van der Waals surface area contributed by atoms with Gasteiger partial charge in [0.25, 0.3) is 0 Å². The summed E-state index contributed by atoms with van der Waals surface area (Å²) in [6.07, 6.45) is 1.34. The van der Waals surface area contributed by atoms with Crippen molar-refractivity contribution in [3.05, 3.63) is 17.7 Å². The summed E-state index contributed by atoms with van der Waals surface area (Å²) < 4.78 is 1.40. The number of hydrogen-bond acceptors (Lipinski definition) is 6. The van der Waals surface area contributed by atoms with Crippen molar-refractivity contribution in [1.29, 1.82) is 15.8 Å².